The highest BCUT2D eigenvalue weighted by atomic mass is 32.2. The molecular weight excluding hydrogens is 560 g/mol. The number of aromatic nitrogens is 2. The molecule has 1 saturated heterocycles. The molecule has 2 atom stereocenters. The van der Waals surface area contributed by atoms with Crippen LogP contribution in [0.15, 0.2) is 41.3 Å². The third-order valence-corrected chi connectivity index (χ3v) is 7.85. The zero-order valence-corrected chi connectivity index (χ0v) is 23.0. The number of nitrogens with one attached hydrogen (secondary N) is 1. The van der Waals surface area contributed by atoms with Crippen molar-refractivity contribution in [3.63, 3.8) is 0 Å². The topological polar surface area (TPSA) is 149 Å². The monoisotopic (exact) mass is 589 g/mol. The molecule has 0 radical (unpaired) electrons. The van der Waals surface area contributed by atoms with E-state index in [9.17, 15) is 27.1 Å². The molecule has 1 saturated carbocycles. The van der Waals surface area contributed by atoms with Gasteiger partial charge < -0.3 is 30.0 Å². The van der Waals surface area contributed by atoms with Crippen molar-refractivity contribution in [2.24, 2.45) is 5.41 Å². The maximum absolute atomic E-state index is 13.9. The highest BCUT2D eigenvalue weighted by Gasteiger charge is 2.39. The summed E-state index contributed by atoms with van der Waals surface area (Å²) in [6.07, 6.45) is 3.32. The van der Waals surface area contributed by atoms with Gasteiger partial charge in [-0.15, -0.1) is 0 Å². The number of ether oxygens (including phenoxy) is 2. The van der Waals surface area contributed by atoms with Crippen molar-refractivity contribution in [3.05, 3.63) is 69.6 Å². The van der Waals surface area contributed by atoms with Gasteiger partial charge in [0.15, 0.2) is 16.8 Å². The zero-order valence-electron chi connectivity index (χ0n) is 22.1. The van der Waals surface area contributed by atoms with Crippen LogP contribution in [0.25, 0.3) is 5.69 Å². The Morgan fingerprint density at radius 3 is 2.63 bits per heavy atom. The first-order chi connectivity index (χ1) is 19.6. The molecule has 2 heterocycles. The van der Waals surface area contributed by atoms with Crippen LogP contribution >= 0.6 is 0 Å². The van der Waals surface area contributed by atoms with E-state index in [4.69, 9.17) is 15.2 Å². The predicted octanol–water partition coefficient (Wildman–Crippen LogP) is 2.68. The van der Waals surface area contributed by atoms with E-state index in [2.05, 4.69) is 10.4 Å². The second-order valence-electron chi connectivity index (χ2n) is 10.5. The minimum atomic E-state index is -2.17. The van der Waals surface area contributed by atoms with Crippen molar-refractivity contribution in [1.82, 2.24) is 15.1 Å². The number of hydrogen-bond donors (Lipinski definition) is 3. The molecule has 0 bridgehead atoms. The molecule has 14 heteroatoms. The van der Waals surface area contributed by atoms with E-state index in [-0.39, 0.29) is 53.7 Å². The summed E-state index contributed by atoms with van der Waals surface area (Å²) < 4.78 is 61.1. The maximum Gasteiger partial charge on any atom is 0.316 e. The Labute approximate surface area is 236 Å². The average molecular weight is 590 g/mol. The maximum atomic E-state index is 13.9. The van der Waals surface area contributed by atoms with Crippen molar-refractivity contribution in [2.75, 3.05) is 36.9 Å². The van der Waals surface area contributed by atoms with Crippen LogP contribution in [0.2, 0.25) is 0 Å². The van der Waals surface area contributed by atoms with Crippen molar-refractivity contribution in [2.45, 2.75) is 31.6 Å². The number of carbonyl (C=O) groups is 1. The first-order valence-corrected chi connectivity index (χ1v) is 14.1. The number of piperazine rings is 1. The van der Waals surface area contributed by atoms with E-state index in [1.165, 1.54) is 12.3 Å². The molecule has 4 N–H and O–H groups in total. The van der Waals surface area contributed by atoms with Gasteiger partial charge in [0.1, 0.15) is 17.3 Å². The van der Waals surface area contributed by atoms with Gasteiger partial charge >= 0.3 is 5.56 Å². The van der Waals surface area contributed by atoms with Gasteiger partial charge in [-0.25, -0.2) is 13.0 Å². The van der Waals surface area contributed by atoms with Crippen LogP contribution in [-0.2, 0) is 21.6 Å². The van der Waals surface area contributed by atoms with Gasteiger partial charge in [0, 0.05) is 31.1 Å². The molecule has 1 aromatic heterocycles. The first-order valence-electron chi connectivity index (χ1n) is 12.9. The SMILES string of the molecule is CC1(COc2c(N3CCNC(c4cc(OC=O)c(N)cc4CS(=O)O)C3)cnn(-c3cc(F)cc(F)c3)c2=O)CC1. The second-order valence-corrected chi connectivity index (χ2v) is 11.5. The highest BCUT2D eigenvalue weighted by Crippen LogP contribution is 2.45. The molecular formula is C27H29F2N5O6S. The fraction of sp³-hybridized carbons (Fsp3) is 0.370. The molecule has 5 rings (SSSR count). The molecule has 41 heavy (non-hydrogen) atoms. The van der Waals surface area contributed by atoms with Gasteiger partial charge in [-0.2, -0.15) is 9.78 Å². The van der Waals surface area contributed by atoms with Crippen LogP contribution in [-0.4, -0.2) is 51.3 Å². The minimum absolute atomic E-state index is 0.00240. The summed E-state index contributed by atoms with van der Waals surface area (Å²) in [6.45, 7) is 3.76. The molecule has 11 nitrogen and oxygen atoms in total. The molecule has 0 amide bonds. The van der Waals surface area contributed by atoms with Gasteiger partial charge in [0.05, 0.1) is 36.0 Å². The van der Waals surface area contributed by atoms with E-state index in [0.29, 0.717) is 36.0 Å². The third kappa shape index (κ3) is 6.39. The Balaban J connectivity index is 1.53. The highest BCUT2D eigenvalue weighted by molar-refractivity contribution is 7.78. The molecule has 218 valence electrons. The Kier molecular flexibility index (Phi) is 8.07. The summed E-state index contributed by atoms with van der Waals surface area (Å²) in [5.74, 6) is -1.80. The van der Waals surface area contributed by atoms with Crippen LogP contribution in [0.1, 0.15) is 36.9 Å². The van der Waals surface area contributed by atoms with Crippen LogP contribution in [0.5, 0.6) is 11.5 Å². The molecule has 2 unspecified atom stereocenters. The molecule has 2 aliphatic rings. The van der Waals surface area contributed by atoms with Crippen molar-refractivity contribution in [1.29, 1.82) is 0 Å². The molecule has 1 aliphatic carbocycles. The lowest BCUT2D eigenvalue weighted by molar-refractivity contribution is -0.120. The van der Waals surface area contributed by atoms with Gasteiger partial charge in [-0.1, -0.05) is 6.92 Å². The van der Waals surface area contributed by atoms with E-state index >= 15 is 0 Å². The third-order valence-electron chi connectivity index (χ3n) is 7.29. The molecule has 2 fully saturated rings. The van der Waals surface area contributed by atoms with Gasteiger partial charge in [0.2, 0.25) is 5.75 Å². The van der Waals surface area contributed by atoms with E-state index in [1.807, 2.05) is 11.8 Å². The first kappa shape index (κ1) is 28.6. The van der Waals surface area contributed by atoms with E-state index in [1.54, 1.807) is 6.07 Å². The number of benzene rings is 2. The summed E-state index contributed by atoms with van der Waals surface area (Å²) in [5, 5.41) is 7.56. The van der Waals surface area contributed by atoms with Crippen LogP contribution in [0.4, 0.5) is 20.2 Å². The lowest BCUT2D eigenvalue weighted by atomic mass is 9.97. The molecule has 2 aromatic carbocycles. The number of halogens is 2. The number of nitrogens with two attached hydrogens (primary N) is 1. The zero-order chi connectivity index (χ0) is 29.3. The summed E-state index contributed by atoms with van der Waals surface area (Å²) in [6, 6.07) is 5.35. The van der Waals surface area contributed by atoms with Gasteiger partial charge in [-0.05, 0) is 48.2 Å². The quantitative estimate of drug-likeness (QED) is 0.183. The number of hydrogen-bond acceptors (Lipinski definition) is 9. The number of anilines is 2. The fourth-order valence-corrected chi connectivity index (χ4v) is 5.33. The molecule has 1 aliphatic heterocycles. The van der Waals surface area contributed by atoms with Crippen molar-refractivity contribution < 1.29 is 31.8 Å². The standard InChI is InChI=1S/C27H29F2N5O6S/c1-27(2-3-27)14-39-25-23(11-32-34(26(25)36)19-8-17(28)7-18(29)9-19)33-5-4-31-22(12-33)20-10-24(40-15-35)21(30)6-16(20)13-41(37)38/h6-11,15,22,31H,2-5,12-14,30H2,1H3,(H,37,38). The lowest BCUT2D eigenvalue weighted by Crippen LogP contribution is -2.47. The van der Waals surface area contributed by atoms with Gasteiger partial charge in [0.25, 0.3) is 6.47 Å². The summed E-state index contributed by atoms with van der Waals surface area (Å²) in [7, 11) is 0. The van der Waals surface area contributed by atoms with Crippen LogP contribution < -0.4 is 31.0 Å². The Morgan fingerprint density at radius 1 is 1.24 bits per heavy atom. The second kappa shape index (κ2) is 11.5. The number of nitrogens with zero attached hydrogens (tertiary/aromatic N) is 3. The minimum Gasteiger partial charge on any atom is -0.486 e. The van der Waals surface area contributed by atoms with E-state index in [0.717, 1.165) is 29.7 Å². The Hall–Kier alpha value is -3.88. The predicted molar refractivity (Wildman–Crippen MR) is 148 cm³/mol. The lowest BCUT2D eigenvalue weighted by Gasteiger charge is -2.36. The number of nitrogen functional groups attached to an aromatic ring is 1. The number of rotatable bonds is 10. The van der Waals surface area contributed by atoms with E-state index < -0.39 is 34.3 Å². The summed E-state index contributed by atoms with van der Waals surface area (Å²) in [5.41, 5.74) is 6.78. The summed E-state index contributed by atoms with van der Waals surface area (Å²) >= 11 is -2.17. The smallest absolute Gasteiger partial charge is 0.316 e. The van der Waals surface area contributed by atoms with Crippen LogP contribution in [0.3, 0.4) is 0 Å². The van der Waals surface area contributed by atoms with Crippen LogP contribution in [0, 0.1) is 17.0 Å². The Morgan fingerprint density at radius 2 is 1.98 bits per heavy atom. The fourth-order valence-electron chi connectivity index (χ4n) is 4.81. The van der Waals surface area contributed by atoms with Crippen molar-refractivity contribution >= 4 is 28.9 Å². The molecule has 3 aromatic rings. The summed E-state index contributed by atoms with van der Waals surface area (Å²) in [4.78, 5) is 26.5. The largest absolute Gasteiger partial charge is 0.486 e. The molecule has 0 spiro atoms. The Bertz CT molecular complexity index is 1540. The number of carbonyl (C=O) groups excluding carboxylic acids is 1. The van der Waals surface area contributed by atoms with Crippen molar-refractivity contribution in [3.8, 4) is 17.2 Å². The van der Waals surface area contributed by atoms with Gasteiger partial charge in [-0.3, -0.25) is 9.59 Å². The average Bonchev–Trinajstić information content (AvgIpc) is 3.65. The normalized spacial score (nSPS) is 18.5.